The average molecular weight is 260 g/mol. The Morgan fingerprint density at radius 2 is 1.06 bits per heavy atom. The molecule has 0 aliphatic carbocycles. The van der Waals surface area contributed by atoms with Gasteiger partial charge in [-0.15, -0.1) is 0 Å². The van der Waals surface area contributed by atoms with Crippen LogP contribution in [0.2, 0.25) is 48.2 Å². The van der Waals surface area contributed by atoms with Gasteiger partial charge in [0, 0.05) is 6.61 Å². The molecular formula is C14H20FeO. The molecule has 0 unspecified atom stereocenters. The van der Waals surface area contributed by atoms with E-state index in [9.17, 15) is 0 Å². The van der Waals surface area contributed by atoms with Gasteiger partial charge in [0.1, 0.15) is 0 Å². The fourth-order valence-electron chi connectivity index (χ4n) is 16.0. The molecule has 1 spiro atoms. The van der Waals surface area contributed by atoms with Crippen LogP contribution in [-0.2, 0) is 6.51 Å². The van der Waals surface area contributed by atoms with Gasteiger partial charge in [-0.2, -0.15) is 0 Å². The summed E-state index contributed by atoms with van der Waals surface area (Å²) in [5, 5.41) is 8.07. The van der Waals surface area contributed by atoms with Crippen molar-refractivity contribution in [1.29, 1.82) is 0 Å². The van der Waals surface area contributed by atoms with Crippen LogP contribution < -0.4 is 0 Å². The summed E-state index contributed by atoms with van der Waals surface area (Å²) in [6, 6.07) is 0. The Hall–Kier alpha value is 0.479. The van der Waals surface area contributed by atoms with E-state index in [0.29, 0.717) is 6.61 Å². The molecule has 0 aromatic carbocycles. The van der Waals surface area contributed by atoms with Crippen molar-refractivity contribution >= 4 is 0 Å². The summed E-state index contributed by atoms with van der Waals surface area (Å²) in [5.41, 5.74) is 0. The number of unbranched alkanes of at least 4 members (excludes halogenated alkanes) is 1. The summed E-state index contributed by atoms with van der Waals surface area (Å²) >= 11 is 0. The van der Waals surface area contributed by atoms with Gasteiger partial charge >= 0.3 is 54.7 Å². The van der Waals surface area contributed by atoms with Crippen molar-refractivity contribution in [3.8, 4) is 0 Å². The summed E-state index contributed by atoms with van der Waals surface area (Å²) in [6.45, 7) is 0.112. The Balaban J connectivity index is 0.000000105. The minimum absolute atomic E-state index is 0.344. The molecule has 10 aliphatic heterocycles. The molecule has 0 bridgehead atoms. The van der Waals surface area contributed by atoms with Crippen molar-refractivity contribution in [2.75, 3.05) is 6.61 Å². The van der Waals surface area contributed by atoms with Crippen molar-refractivity contribution in [1.82, 2.24) is 0 Å². The maximum atomic E-state index is 8.07. The Kier molecular flexibility index (Phi) is 0.217. The molecule has 1 nitrogen and oxygen atoms in total. The number of hydrogen-bond acceptors (Lipinski definition) is 1. The molecule has 10 saturated heterocycles. The number of aliphatic hydroxyl groups is 1. The fraction of sp³-hybridized carbons (Fsp3) is 1.00. The maximum absolute atomic E-state index is 8.07. The summed E-state index contributed by atoms with van der Waals surface area (Å²) in [5.74, 6) is 0. The molecule has 10 fully saturated rings. The predicted molar refractivity (Wildman–Crippen MR) is 59.5 cm³/mol. The van der Waals surface area contributed by atoms with E-state index >= 15 is 0 Å². The van der Waals surface area contributed by atoms with E-state index in [1.54, 1.807) is 48.2 Å². The first-order valence-corrected chi connectivity index (χ1v) is 13.8. The van der Waals surface area contributed by atoms with Crippen LogP contribution in [0.5, 0.6) is 0 Å². The molecule has 0 aromatic heterocycles. The number of rotatable bonds is 2. The predicted octanol–water partition coefficient (Wildman–Crippen LogP) is 4.15. The van der Waals surface area contributed by atoms with Crippen LogP contribution >= 0.6 is 0 Å². The van der Waals surface area contributed by atoms with Crippen LogP contribution in [0.4, 0.5) is 0 Å². The van der Waals surface area contributed by atoms with Crippen molar-refractivity contribution in [2.45, 2.75) is 67.9 Å². The van der Waals surface area contributed by atoms with E-state index in [1.165, 1.54) is 0 Å². The van der Waals surface area contributed by atoms with Crippen molar-refractivity contribution in [3.63, 3.8) is 0 Å². The van der Waals surface area contributed by atoms with Gasteiger partial charge in [-0.3, -0.25) is 0 Å². The van der Waals surface area contributed by atoms with Crippen molar-refractivity contribution < 1.29 is 11.6 Å². The Labute approximate surface area is 86.3 Å². The third-order valence-corrected chi connectivity index (χ3v) is 57.0. The van der Waals surface area contributed by atoms with Gasteiger partial charge in [-0.05, 0) is 6.42 Å². The normalized spacial score (nSPS) is 120. The standard InChI is InChI=1S/2C5H5.C4H10O.Fe/c2*1-2-4-5-3-1;1-2-3-4-5;/h2*1-5H;5H,2-4H2,1H3;. The quantitative estimate of drug-likeness (QED) is 0.739. The van der Waals surface area contributed by atoms with Crippen LogP contribution in [0.25, 0.3) is 0 Å². The van der Waals surface area contributed by atoms with Crippen LogP contribution in [-0.4, -0.2) is 11.7 Å². The zero-order valence-electron chi connectivity index (χ0n) is 9.70. The van der Waals surface area contributed by atoms with Gasteiger partial charge in [0.2, 0.25) is 0 Å². The molecule has 10 aliphatic rings. The topological polar surface area (TPSA) is 20.2 Å². The summed E-state index contributed by atoms with van der Waals surface area (Å²) in [7, 11) is 0. The molecule has 0 amide bonds. The second kappa shape index (κ2) is 0.527. The Morgan fingerprint density at radius 1 is 0.750 bits per heavy atom. The summed E-state index contributed by atoms with van der Waals surface area (Å²) < 4.78 is 0. The molecule has 2 heteroatoms. The Morgan fingerprint density at radius 3 is 1.06 bits per heavy atom. The molecular weight excluding hydrogens is 240 g/mol. The molecule has 16 heavy (non-hydrogen) atoms. The van der Waals surface area contributed by atoms with Crippen LogP contribution in [0.3, 0.4) is 0 Å². The monoisotopic (exact) mass is 260 g/mol. The molecule has 10 rings (SSSR count). The molecule has 90 valence electrons. The van der Waals surface area contributed by atoms with E-state index < -0.39 is 6.51 Å². The van der Waals surface area contributed by atoms with Crippen molar-refractivity contribution in [3.05, 3.63) is 0 Å². The third-order valence-electron chi connectivity index (χ3n) is 15.0. The first-order valence-electron chi connectivity index (χ1n) is 7.40. The first kappa shape index (κ1) is 6.59. The fourth-order valence-corrected chi connectivity index (χ4v) is 88.2. The second-order valence-electron chi connectivity index (χ2n) is 10.7. The Bertz CT molecular complexity index is 622. The molecule has 0 saturated carbocycles. The zero-order chi connectivity index (χ0) is 10.2. The van der Waals surface area contributed by atoms with E-state index in [0.717, 1.165) is 12.8 Å². The first-order chi connectivity index (χ1) is 7.57. The molecule has 1 N–H and O–H groups in total. The molecule has 10 heterocycles. The van der Waals surface area contributed by atoms with Gasteiger partial charge in [0.15, 0.2) is 0 Å². The number of fused-ring (bicyclic) bond motifs is 10. The van der Waals surface area contributed by atoms with Gasteiger partial charge in [-0.25, -0.2) is 0 Å². The molecule has 0 atom stereocenters. The van der Waals surface area contributed by atoms with Gasteiger partial charge in [-0.1, -0.05) is 13.3 Å². The summed E-state index contributed by atoms with van der Waals surface area (Å²) in [4.78, 5) is 15.9. The van der Waals surface area contributed by atoms with Crippen molar-refractivity contribution in [2.24, 2.45) is 0 Å². The number of hydrogen-bond donors (Lipinski definition) is 1. The second-order valence-corrected chi connectivity index (χ2v) is 34.6. The van der Waals surface area contributed by atoms with E-state index in [2.05, 4.69) is 6.92 Å². The van der Waals surface area contributed by atoms with Crippen LogP contribution in [0, 0.1) is 0 Å². The zero-order valence-corrected chi connectivity index (χ0v) is 10.8. The third kappa shape index (κ3) is 0.0642. The van der Waals surface area contributed by atoms with Gasteiger partial charge in [0.05, 0.1) is 0 Å². The number of aliphatic hydroxyl groups excluding tert-OH is 1. The average Bonchev–Trinajstić information content (AvgIpc) is 3.25. The van der Waals surface area contributed by atoms with Gasteiger partial charge < -0.3 is 5.11 Å². The summed E-state index contributed by atoms with van der Waals surface area (Å²) in [6.07, 6.45) is 2.04. The van der Waals surface area contributed by atoms with Gasteiger partial charge in [0.25, 0.3) is 0 Å². The SMILES string of the molecule is CCCCO.[CH]12[CH]3[CH]4[CH]5[CH]1[Fe]23451678[CH]2[CH]1[CH]6[CH]7[CH]28. The van der Waals surface area contributed by atoms with E-state index in [1.807, 2.05) is 0 Å². The van der Waals surface area contributed by atoms with Crippen LogP contribution in [0.1, 0.15) is 19.8 Å². The molecule has 0 aromatic rings. The minimum atomic E-state index is -2.28. The molecule has 0 radical (unpaired) electrons. The van der Waals surface area contributed by atoms with Crippen LogP contribution in [0.15, 0.2) is 0 Å². The van der Waals surface area contributed by atoms with E-state index in [4.69, 9.17) is 5.11 Å². The van der Waals surface area contributed by atoms with E-state index in [-0.39, 0.29) is 0 Å².